The van der Waals surface area contributed by atoms with Crippen molar-refractivity contribution in [2.75, 3.05) is 30.9 Å². The summed E-state index contributed by atoms with van der Waals surface area (Å²) in [5.41, 5.74) is 4.12. The van der Waals surface area contributed by atoms with E-state index in [4.69, 9.17) is 4.42 Å². The lowest BCUT2D eigenvalue weighted by Gasteiger charge is -2.16. The Kier molecular flexibility index (Phi) is 6.69. The van der Waals surface area contributed by atoms with Crippen LogP contribution in [0.4, 0.5) is 21.0 Å². The number of ether oxygens (including phenoxy) is 1. The van der Waals surface area contributed by atoms with Crippen LogP contribution < -0.4 is 15.5 Å². The third kappa shape index (κ3) is 5.38. The minimum atomic E-state index is -0.466. The van der Waals surface area contributed by atoms with Crippen molar-refractivity contribution in [2.24, 2.45) is 0 Å². The third-order valence-corrected chi connectivity index (χ3v) is 4.48. The molecule has 0 saturated carbocycles. The number of urea groups is 1. The van der Waals surface area contributed by atoms with Gasteiger partial charge in [-0.25, -0.2) is 14.6 Å². The van der Waals surface area contributed by atoms with Crippen LogP contribution >= 0.6 is 0 Å². The Labute approximate surface area is 174 Å². The van der Waals surface area contributed by atoms with Gasteiger partial charge in [0, 0.05) is 37.0 Å². The van der Waals surface area contributed by atoms with Crippen molar-refractivity contribution >= 4 is 23.5 Å². The smallest absolute Gasteiger partial charge is 0.413 e. The molecule has 0 aliphatic heterocycles. The number of amides is 3. The Bertz CT molecular complexity index is 997. The summed E-state index contributed by atoms with van der Waals surface area (Å²) in [7, 11) is 2.93. The summed E-state index contributed by atoms with van der Waals surface area (Å²) < 4.78 is 10.2. The highest BCUT2D eigenvalue weighted by atomic mass is 16.5. The standard InChI is InChI=1S/C22H24N4O4/c1-15-4-6-16(7-5-15)20-24-18(14-30-20)12-13-23-21(27)25-17-8-10-19(11-9-17)26(2)22(28)29-3/h4-11,14H,12-13H2,1-3H3,(H2,23,25,27). The van der Waals surface area contributed by atoms with Crippen LogP contribution in [0.3, 0.4) is 0 Å². The maximum absolute atomic E-state index is 12.1. The van der Waals surface area contributed by atoms with E-state index < -0.39 is 6.09 Å². The van der Waals surface area contributed by atoms with E-state index in [9.17, 15) is 9.59 Å². The largest absolute Gasteiger partial charge is 0.452 e. The Hall–Kier alpha value is -3.81. The molecular formula is C22H24N4O4. The lowest BCUT2D eigenvalue weighted by Crippen LogP contribution is -2.30. The molecule has 0 atom stereocenters. The normalized spacial score (nSPS) is 10.4. The van der Waals surface area contributed by atoms with Gasteiger partial charge in [0.05, 0.1) is 12.8 Å². The minimum Gasteiger partial charge on any atom is -0.452 e. The van der Waals surface area contributed by atoms with E-state index in [1.54, 1.807) is 37.6 Å². The van der Waals surface area contributed by atoms with Gasteiger partial charge in [-0.3, -0.25) is 4.90 Å². The van der Waals surface area contributed by atoms with Crippen molar-refractivity contribution < 1.29 is 18.7 Å². The second kappa shape index (κ2) is 9.60. The molecular weight excluding hydrogens is 384 g/mol. The second-order valence-corrected chi connectivity index (χ2v) is 6.72. The van der Waals surface area contributed by atoms with Gasteiger partial charge in [0.2, 0.25) is 5.89 Å². The van der Waals surface area contributed by atoms with Crippen LogP contribution in [0.15, 0.2) is 59.2 Å². The fourth-order valence-corrected chi connectivity index (χ4v) is 2.74. The van der Waals surface area contributed by atoms with Crippen LogP contribution in [-0.2, 0) is 11.2 Å². The molecule has 0 saturated heterocycles. The highest BCUT2D eigenvalue weighted by Crippen LogP contribution is 2.19. The molecule has 30 heavy (non-hydrogen) atoms. The number of rotatable bonds is 6. The highest BCUT2D eigenvalue weighted by Gasteiger charge is 2.11. The average Bonchev–Trinajstić information content (AvgIpc) is 3.22. The van der Waals surface area contributed by atoms with Crippen molar-refractivity contribution in [1.82, 2.24) is 10.3 Å². The number of hydrogen-bond acceptors (Lipinski definition) is 5. The predicted octanol–water partition coefficient (Wildman–Crippen LogP) is 4.22. The molecule has 1 aromatic heterocycles. The molecule has 0 fully saturated rings. The second-order valence-electron chi connectivity index (χ2n) is 6.72. The Balaban J connectivity index is 1.46. The molecule has 3 rings (SSSR count). The van der Waals surface area contributed by atoms with Gasteiger partial charge in [-0.1, -0.05) is 17.7 Å². The van der Waals surface area contributed by atoms with Crippen LogP contribution in [0, 0.1) is 6.92 Å². The summed E-state index contributed by atoms with van der Waals surface area (Å²) in [5, 5.41) is 5.53. The summed E-state index contributed by atoms with van der Waals surface area (Å²) >= 11 is 0. The summed E-state index contributed by atoms with van der Waals surface area (Å²) in [6.07, 6.45) is 1.68. The van der Waals surface area contributed by atoms with Gasteiger partial charge < -0.3 is 19.8 Å². The number of benzene rings is 2. The Morgan fingerprint density at radius 2 is 1.80 bits per heavy atom. The first-order valence-corrected chi connectivity index (χ1v) is 9.44. The van der Waals surface area contributed by atoms with E-state index in [1.165, 1.54) is 17.6 Å². The van der Waals surface area contributed by atoms with Crippen LogP contribution in [0.25, 0.3) is 11.5 Å². The first kappa shape index (κ1) is 20.9. The molecule has 0 bridgehead atoms. The number of carbonyl (C=O) groups is 2. The van der Waals surface area contributed by atoms with E-state index in [0.717, 1.165) is 11.3 Å². The average molecular weight is 408 g/mol. The summed E-state index contributed by atoms with van der Waals surface area (Å²) in [5.74, 6) is 0.562. The number of oxazole rings is 1. The van der Waals surface area contributed by atoms with Gasteiger partial charge in [0.15, 0.2) is 0 Å². The highest BCUT2D eigenvalue weighted by molar-refractivity contribution is 5.90. The van der Waals surface area contributed by atoms with Gasteiger partial charge in [0.1, 0.15) is 6.26 Å². The molecule has 0 aliphatic rings. The zero-order valence-electron chi connectivity index (χ0n) is 17.1. The topological polar surface area (TPSA) is 96.7 Å². The Morgan fingerprint density at radius 3 is 2.47 bits per heavy atom. The zero-order valence-corrected chi connectivity index (χ0v) is 17.1. The summed E-state index contributed by atoms with van der Waals surface area (Å²) in [4.78, 5) is 29.4. The fourth-order valence-electron chi connectivity index (χ4n) is 2.74. The van der Waals surface area contributed by atoms with E-state index in [-0.39, 0.29) is 6.03 Å². The fraction of sp³-hybridized carbons (Fsp3) is 0.227. The minimum absolute atomic E-state index is 0.327. The molecule has 0 radical (unpaired) electrons. The van der Waals surface area contributed by atoms with Crippen molar-refractivity contribution in [2.45, 2.75) is 13.3 Å². The number of nitrogens with zero attached hydrogens (tertiary/aromatic N) is 2. The number of nitrogens with one attached hydrogen (secondary N) is 2. The third-order valence-electron chi connectivity index (χ3n) is 4.48. The number of hydrogen-bond donors (Lipinski definition) is 2. The number of aryl methyl sites for hydroxylation is 1. The quantitative estimate of drug-likeness (QED) is 0.637. The van der Waals surface area contributed by atoms with Gasteiger partial charge in [-0.2, -0.15) is 0 Å². The lowest BCUT2D eigenvalue weighted by molar-refractivity contribution is 0.180. The first-order chi connectivity index (χ1) is 14.5. The van der Waals surface area contributed by atoms with E-state index in [1.807, 2.05) is 31.2 Å². The predicted molar refractivity (Wildman–Crippen MR) is 115 cm³/mol. The molecule has 8 heteroatoms. The molecule has 1 heterocycles. The molecule has 0 spiro atoms. The SMILES string of the molecule is COC(=O)N(C)c1ccc(NC(=O)NCCc2coc(-c3ccc(C)cc3)n2)cc1. The molecule has 3 aromatic rings. The molecule has 2 N–H and O–H groups in total. The van der Waals surface area contributed by atoms with Gasteiger partial charge >= 0.3 is 12.1 Å². The van der Waals surface area contributed by atoms with Gasteiger partial charge in [-0.05, 0) is 43.3 Å². The number of aromatic nitrogens is 1. The van der Waals surface area contributed by atoms with E-state index >= 15 is 0 Å². The number of carbonyl (C=O) groups excluding carboxylic acids is 2. The molecule has 0 aliphatic carbocycles. The van der Waals surface area contributed by atoms with Crippen LogP contribution in [0.2, 0.25) is 0 Å². The maximum atomic E-state index is 12.1. The molecule has 3 amide bonds. The van der Waals surface area contributed by atoms with E-state index in [2.05, 4.69) is 20.4 Å². The summed E-state index contributed by atoms with van der Waals surface area (Å²) in [6, 6.07) is 14.5. The summed E-state index contributed by atoms with van der Waals surface area (Å²) in [6.45, 7) is 2.44. The van der Waals surface area contributed by atoms with Crippen molar-refractivity contribution in [3.63, 3.8) is 0 Å². The van der Waals surface area contributed by atoms with Crippen LogP contribution in [-0.4, -0.2) is 37.8 Å². The van der Waals surface area contributed by atoms with Gasteiger partial charge in [-0.15, -0.1) is 0 Å². The maximum Gasteiger partial charge on any atom is 0.413 e. The van der Waals surface area contributed by atoms with Crippen LogP contribution in [0.5, 0.6) is 0 Å². The van der Waals surface area contributed by atoms with Crippen LogP contribution in [0.1, 0.15) is 11.3 Å². The number of anilines is 2. The number of methoxy groups -OCH3 is 1. The monoisotopic (exact) mass is 408 g/mol. The molecule has 2 aromatic carbocycles. The molecule has 0 unspecified atom stereocenters. The van der Waals surface area contributed by atoms with E-state index in [0.29, 0.717) is 30.2 Å². The zero-order chi connectivity index (χ0) is 21.5. The van der Waals surface area contributed by atoms with Crippen molar-refractivity contribution in [1.29, 1.82) is 0 Å². The lowest BCUT2D eigenvalue weighted by atomic mass is 10.1. The molecule has 156 valence electrons. The first-order valence-electron chi connectivity index (χ1n) is 9.44. The molecule has 8 nitrogen and oxygen atoms in total. The van der Waals surface area contributed by atoms with Gasteiger partial charge in [0.25, 0.3) is 0 Å². The Morgan fingerprint density at radius 1 is 1.10 bits per heavy atom. The van der Waals surface area contributed by atoms with Crippen molar-refractivity contribution in [3.8, 4) is 11.5 Å². The van der Waals surface area contributed by atoms with Crippen molar-refractivity contribution in [3.05, 3.63) is 66.1 Å².